The van der Waals surface area contributed by atoms with Gasteiger partial charge in [0.15, 0.2) is 0 Å². The zero-order valence-corrected chi connectivity index (χ0v) is 14.5. The summed E-state index contributed by atoms with van der Waals surface area (Å²) in [5.41, 5.74) is 0.694. The van der Waals surface area contributed by atoms with E-state index in [1.807, 2.05) is 0 Å². The van der Waals surface area contributed by atoms with Crippen LogP contribution in [0, 0.1) is 29.1 Å². The van der Waals surface area contributed by atoms with Gasteiger partial charge in [-0.3, -0.25) is 0 Å². The SMILES string of the molecule is CC(C)C1(C(C)C)CCCC1.CC(C)C1CCCC1. The highest BCUT2D eigenvalue weighted by molar-refractivity contribution is 4.89. The lowest BCUT2D eigenvalue weighted by Crippen LogP contribution is -2.29. The van der Waals surface area contributed by atoms with Crippen molar-refractivity contribution < 1.29 is 0 Å². The van der Waals surface area contributed by atoms with Gasteiger partial charge in [-0.05, 0) is 41.9 Å². The topological polar surface area (TPSA) is 0 Å². The van der Waals surface area contributed by atoms with E-state index in [1.165, 1.54) is 51.4 Å². The van der Waals surface area contributed by atoms with E-state index in [0.29, 0.717) is 5.41 Å². The van der Waals surface area contributed by atoms with Crippen molar-refractivity contribution in [3.8, 4) is 0 Å². The molecule has 0 saturated heterocycles. The predicted molar refractivity (Wildman–Crippen MR) is 87.4 cm³/mol. The van der Waals surface area contributed by atoms with Crippen LogP contribution < -0.4 is 0 Å². The summed E-state index contributed by atoms with van der Waals surface area (Å²) in [6.07, 6.45) is 11.9. The lowest BCUT2D eigenvalue weighted by Gasteiger charge is -2.37. The highest BCUT2D eigenvalue weighted by Gasteiger charge is 2.39. The van der Waals surface area contributed by atoms with E-state index in [0.717, 1.165) is 23.7 Å². The summed E-state index contributed by atoms with van der Waals surface area (Å²) >= 11 is 0. The summed E-state index contributed by atoms with van der Waals surface area (Å²) in [5, 5.41) is 0. The fourth-order valence-corrected chi connectivity index (χ4v) is 4.48. The van der Waals surface area contributed by atoms with E-state index < -0.39 is 0 Å². The minimum Gasteiger partial charge on any atom is -0.0625 e. The van der Waals surface area contributed by atoms with E-state index in [2.05, 4.69) is 41.5 Å². The first-order valence-electron chi connectivity index (χ1n) is 8.90. The van der Waals surface area contributed by atoms with Gasteiger partial charge in [0.2, 0.25) is 0 Å². The van der Waals surface area contributed by atoms with Gasteiger partial charge in [-0.25, -0.2) is 0 Å². The lowest BCUT2D eigenvalue weighted by atomic mass is 9.68. The molecular weight excluding hydrogens is 228 g/mol. The average Bonchev–Trinajstić information content (AvgIpc) is 3.02. The fraction of sp³-hybridized carbons (Fsp3) is 1.00. The van der Waals surface area contributed by atoms with Crippen LogP contribution in [0.4, 0.5) is 0 Å². The molecule has 0 aromatic rings. The van der Waals surface area contributed by atoms with Gasteiger partial charge in [0.1, 0.15) is 0 Å². The summed E-state index contributed by atoms with van der Waals surface area (Å²) < 4.78 is 0. The molecule has 0 heteroatoms. The Hall–Kier alpha value is 0. The summed E-state index contributed by atoms with van der Waals surface area (Å²) in [6.45, 7) is 14.3. The molecule has 0 aliphatic heterocycles. The van der Waals surface area contributed by atoms with Crippen LogP contribution in [0.15, 0.2) is 0 Å². The first-order valence-corrected chi connectivity index (χ1v) is 8.90. The Morgan fingerprint density at radius 3 is 1.32 bits per heavy atom. The van der Waals surface area contributed by atoms with Crippen molar-refractivity contribution in [2.45, 2.75) is 92.9 Å². The van der Waals surface area contributed by atoms with Crippen molar-refractivity contribution in [2.24, 2.45) is 29.1 Å². The molecule has 2 aliphatic rings. The molecular formula is C19H38. The molecule has 0 N–H and O–H groups in total. The molecule has 0 unspecified atom stereocenters. The molecule has 0 aromatic carbocycles. The molecule has 0 nitrogen and oxygen atoms in total. The van der Waals surface area contributed by atoms with Gasteiger partial charge in [0, 0.05) is 0 Å². The monoisotopic (exact) mass is 266 g/mol. The molecule has 0 bridgehead atoms. The third-order valence-electron chi connectivity index (χ3n) is 6.18. The zero-order valence-electron chi connectivity index (χ0n) is 14.5. The Morgan fingerprint density at radius 2 is 1.11 bits per heavy atom. The number of hydrogen-bond donors (Lipinski definition) is 0. The van der Waals surface area contributed by atoms with E-state index in [9.17, 15) is 0 Å². The molecule has 0 atom stereocenters. The maximum atomic E-state index is 2.39. The summed E-state index contributed by atoms with van der Waals surface area (Å²) in [5.74, 6) is 3.77. The van der Waals surface area contributed by atoms with Gasteiger partial charge in [-0.15, -0.1) is 0 Å². The lowest BCUT2D eigenvalue weighted by molar-refractivity contribution is 0.121. The summed E-state index contributed by atoms with van der Waals surface area (Å²) in [4.78, 5) is 0. The van der Waals surface area contributed by atoms with Crippen LogP contribution in [0.2, 0.25) is 0 Å². The van der Waals surface area contributed by atoms with Crippen LogP contribution >= 0.6 is 0 Å². The van der Waals surface area contributed by atoms with Gasteiger partial charge in [0.05, 0.1) is 0 Å². The molecule has 0 amide bonds. The average molecular weight is 267 g/mol. The van der Waals surface area contributed by atoms with Crippen molar-refractivity contribution in [2.75, 3.05) is 0 Å². The van der Waals surface area contributed by atoms with Crippen LogP contribution in [0.5, 0.6) is 0 Å². The molecule has 2 rings (SSSR count). The van der Waals surface area contributed by atoms with E-state index in [1.54, 1.807) is 0 Å². The molecule has 2 aliphatic carbocycles. The minimum absolute atomic E-state index is 0.694. The maximum Gasteiger partial charge on any atom is -0.0251 e. The Kier molecular flexibility index (Phi) is 6.91. The summed E-state index contributed by atoms with van der Waals surface area (Å²) in [6, 6.07) is 0. The Balaban J connectivity index is 0.000000200. The molecule has 2 saturated carbocycles. The first-order chi connectivity index (χ1) is 8.90. The minimum atomic E-state index is 0.694. The molecule has 2 fully saturated rings. The van der Waals surface area contributed by atoms with Crippen molar-refractivity contribution in [1.29, 1.82) is 0 Å². The van der Waals surface area contributed by atoms with E-state index >= 15 is 0 Å². The Bertz CT molecular complexity index is 214. The quantitative estimate of drug-likeness (QED) is 0.533. The fourth-order valence-electron chi connectivity index (χ4n) is 4.48. The van der Waals surface area contributed by atoms with Gasteiger partial charge >= 0.3 is 0 Å². The molecule has 114 valence electrons. The Labute approximate surface area is 122 Å². The number of rotatable bonds is 3. The van der Waals surface area contributed by atoms with E-state index in [-0.39, 0.29) is 0 Å². The standard InChI is InChI=1S/C11H22.C8H16/c1-9(2)11(10(3)4)7-5-6-8-11;1-7(2)8-5-3-4-6-8/h9-10H,5-8H2,1-4H3;7-8H,3-6H2,1-2H3. The Morgan fingerprint density at radius 1 is 0.684 bits per heavy atom. The smallest absolute Gasteiger partial charge is 0.0251 e. The second kappa shape index (κ2) is 7.70. The molecule has 0 radical (unpaired) electrons. The molecule has 0 aromatic heterocycles. The molecule has 0 heterocycles. The van der Waals surface area contributed by atoms with Crippen LogP contribution in [0.3, 0.4) is 0 Å². The van der Waals surface area contributed by atoms with Crippen molar-refractivity contribution >= 4 is 0 Å². The largest absolute Gasteiger partial charge is 0.0625 e. The van der Waals surface area contributed by atoms with Crippen LogP contribution in [0.1, 0.15) is 92.9 Å². The first kappa shape index (κ1) is 17.1. The van der Waals surface area contributed by atoms with Crippen molar-refractivity contribution in [3.05, 3.63) is 0 Å². The number of hydrogen-bond acceptors (Lipinski definition) is 0. The highest BCUT2D eigenvalue weighted by atomic mass is 14.4. The predicted octanol–water partition coefficient (Wildman–Crippen LogP) is 6.69. The van der Waals surface area contributed by atoms with Crippen LogP contribution in [-0.4, -0.2) is 0 Å². The molecule has 0 spiro atoms. The second-order valence-corrected chi connectivity index (χ2v) is 8.04. The summed E-state index contributed by atoms with van der Waals surface area (Å²) in [7, 11) is 0. The second-order valence-electron chi connectivity index (χ2n) is 8.04. The van der Waals surface area contributed by atoms with Crippen LogP contribution in [-0.2, 0) is 0 Å². The van der Waals surface area contributed by atoms with Crippen LogP contribution in [0.25, 0.3) is 0 Å². The molecule has 19 heavy (non-hydrogen) atoms. The van der Waals surface area contributed by atoms with Gasteiger partial charge in [-0.2, -0.15) is 0 Å². The normalized spacial score (nSPS) is 23.2. The third-order valence-corrected chi connectivity index (χ3v) is 6.18. The van der Waals surface area contributed by atoms with Crippen molar-refractivity contribution in [1.82, 2.24) is 0 Å². The van der Waals surface area contributed by atoms with Gasteiger partial charge in [-0.1, -0.05) is 80.1 Å². The zero-order chi connectivity index (χ0) is 14.5. The van der Waals surface area contributed by atoms with Gasteiger partial charge < -0.3 is 0 Å². The van der Waals surface area contributed by atoms with Gasteiger partial charge in [0.25, 0.3) is 0 Å². The third kappa shape index (κ3) is 4.50. The maximum absolute atomic E-state index is 2.39. The van der Waals surface area contributed by atoms with Crippen molar-refractivity contribution in [3.63, 3.8) is 0 Å². The highest BCUT2D eigenvalue weighted by Crippen LogP contribution is 2.49. The van der Waals surface area contributed by atoms with E-state index in [4.69, 9.17) is 0 Å².